The zero-order valence-corrected chi connectivity index (χ0v) is 15.0. The minimum absolute atomic E-state index is 0.0573. The number of hydrogen-bond acceptors (Lipinski definition) is 4. The molecule has 2 aliphatic rings. The minimum Gasteiger partial charge on any atom is -0.342 e. The number of nitrogens with zero attached hydrogens (tertiary/aromatic N) is 3. The van der Waals surface area contributed by atoms with Crippen molar-refractivity contribution in [1.29, 1.82) is 5.26 Å². The SMILES string of the molecule is N#CC1CCN(C(=O)C2CCN(S(=O)(=O)c3ccccc3)CC2)CC1. The van der Waals surface area contributed by atoms with Crippen LogP contribution >= 0.6 is 0 Å². The van der Waals surface area contributed by atoms with E-state index in [1.807, 2.05) is 4.90 Å². The van der Waals surface area contributed by atoms with E-state index in [4.69, 9.17) is 5.26 Å². The Labute approximate surface area is 149 Å². The summed E-state index contributed by atoms with van der Waals surface area (Å²) in [6, 6.07) is 10.7. The van der Waals surface area contributed by atoms with Gasteiger partial charge in [0.2, 0.25) is 15.9 Å². The molecular weight excluding hydrogens is 338 g/mol. The second-order valence-electron chi connectivity index (χ2n) is 6.72. The van der Waals surface area contributed by atoms with Gasteiger partial charge in [0.05, 0.1) is 11.0 Å². The van der Waals surface area contributed by atoms with Crippen molar-refractivity contribution in [3.63, 3.8) is 0 Å². The smallest absolute Gasteiger partial charge is 0.243 e. The molecule has 2 heterocycles. The molecule has 3 rings (SSSR count). The predicted octanol–water partition coefficient (Wildman–Crippen LogP) is 1.85. The average Bonchev–Trinajstić information content (AvgIpc) is 2.68. The molecule has 0 unspecified atom stereocenters. The Balaban J connectivity index is 1.57. The molecule has 0 atom stereocenters. The highest BCUT2D eigenvalue weighted by Gasteiger charge is 2.34. The zero-order chi connectivity index (χ0) is 17.9. The zero-order valence-electron chi connectivity index (χ0n) is 14.2. The van der Waals surface area contributed by atoms with Crippen LogP contribution in [0.2, 0.25) is 0 Å². The van der Waals surface area contributed by atoms with Gasteiger partial charge in [-0.2, -0.15) is 9.57 Å². The topological polar surface area (TPSA) is 81.5 Å². The van der Waals surface area contributed by atoms with Crippen LogP contribution in [0.5, 0.6) is 0 Å². The van der Waals surface area contributed by atoms with Gasteiger partial charge < -0.3 is 4.90 Å². The molecule has 2 aliphatic heterocycles. The first-order valence-corrected chi connectivity index (χ1v) is 10.2. The molecule has 1 aromatic rings. The van der Waals surface area contributed by atoms with Crippen LogP contribution in [0.4, 0.5) is 0 Å². The molecule has 1 aromatic carbocycles. The van der Waals surface area contributed by atoms with E-state index in [9.17, 15) is 13.2 Å². The van der Waals surface area contributed by atoms with E-state index in [1.54, 1.807) is 30.3 Å². The lowest BCUT2D eigenvalue weighted by molar-refractivity contribution is -0.137. The molecule has 0 saturated carbocycles. The maximum absolute atomic E-state index is 12.6. The van der Waals surface area contributed by atoms with E-state index in [-0.39, 0.29) is 17.7 Å². The van der Waals surface area contributed by atoms with Crippen LogP contribution in [0.25, 0.3) is 0 Å². The number of nitriles is 1. The van der Waals surface area contributed by atoms with Gasteiger partial charge in [0.25, 0.3) is 0 Å². The van der Waals surface area contributed by atoms with E-state index in [1.165, 1.54) is 4.31 Å². The van der Waals surface area contributed by atoms with Crippen molar-refractivity contribution < 1.29 is 13.2 Å². The number of likely N-dealkylation sites (tertiary alicyclic amines) is 1. The largest absolute Gasteiger partial charge is 0.342 e. The van der Waals surface area contributed by atoms with Crippen molar-refractivity contribution in [3.8, 4) is 6.07 Å². The quantitative estimate of drug-likeness (QED) is 0.823. The molecular formula is C18H23N3O3S. The molecule has 134 valence electrons. The Morgan fingerprint density at radius 2 is 1.60 bits per heavy atom. The fourth-order valence-electron chi connectivity index (χ4n) is 3.57. The number of carbonyl (C=O) groups is 1. The number of amides is 1. The van der Waals surface area contributed by atoms with E-state index in [0.29, 0.717) is 43.9 Å². The molecule has 0 aliphatic carbocycles. The lowest BCUT2D eigenvalue weighted by Crippen LogP contribution is -2.46. The summed E-state index contributed by atoms with van der Waals surface area (Å²) in [4.78, 5) is 14.8. The fourth-order valence-corrected chi connectivity index (χ4v) is 5.06. The summed E-state index contributed by atoms with van der Waals surface area (Å²) in [6.45, 7) is 2.03. The number of sulfonamides is 1. The van der Waals surface area contributed by atoms with Crippen molar-refractivity contribution in [3.05, 3.63) is 30.3 Å². The van der Waals surface area contributed by atoms with Gasteiger partial charge in [-0.3, -0.25) is 4.79 Å². The molecule has 6 nitrogen and oxygen atoms in total. The summed E-state index contributed by atoms with van der Waals surface area (Å²) < 4.78 is 26.7. The Morgan fingerprint density at radius 3 is 2.16 bits per heavy atom. The van der Waals surface area contributed by atoms with Gasteiger partial charge >= 0.3 is 0 Å². The third kappa shape index (κ3) is 3.86. The number of benzene rings is 1. The molecule has 0 radical (unpaired) electrons. The van der Waals surface area contributed by atoms with Gasteiger partial charge in [0, 0.05) is 38.0 Å². The predicted molar refractivity (Wildman–Crippen MR) is 92.8 cm³/mol. The molecule has 2 fully saturated rings. The molecule has 7 heteroatoms. The summed E-state index contributed by atoms with van der Waals surface area (Å²) in [5.74, 6) is 0.0657. The van der Waals surface area contributed by atoms with Gasteiger partial charge in [0.1, 0.15) is 0 Å². The monoisotopic (exact) mass is 361 g/mol. The normalized spacial score (nSPS) is 21.0. The first-order chi connectivity index (χ1) is 12.0. The van der Waals surface area contributed by atoms with Crippen LogP contribution in [0, 0.1) is 23.2 Å². The molecule has 2 saturated heterocycles. The van der Waals surface area contributed by atoms with E-state index < -0.39 is 10.0 Å². The van der Waals surface area contributed by atoms with E-state index in [0.717, 1.165) is 12.8 Å². The number of hydrogen-bond donors (Lipinski definition) is 0. The second-order valence-corrected chi connectivity index (χ2v) is 8.66. The maximum atomic E-state index is 12.6. The maximum Gasteiger partial charge on any atom is 0.243 e. The average molecular weight is 361 g/mol. The van der Waals surface area contributed by atoms with Crippen LogP contribution in [-0.4, -0.2) is 49.7 Å². The highest BCUT2D eigenvalue weighted by Crippen LogP contribution is 2.26. The molecule has 0 aromatic heterocycles. The summed E-state index contributed by atoms with van der Waals surface area (Å²) in [5.41, 5.74) is 0. The Hall–Kier alpha value is -1.91. The summed E-state index contributed by atoms with van der Waals surface area (Å²) in [7, 11) is -3.47. The van der Waals surface area contributed by atoms with Crippen molar-refractivity contribution in [2.24, 2.45) is 11.8 Å². The molecule has 0 N–H and O–H groups in total. The number of rotatable bonds is 3. The summed E-state index contributed by atoms with van der Waals surface area (Å²) in [5, 5.41) is 8.95. The van der Waals surface area contributed by atoms with Gasteiger partial charge in [-0.25, -0.2) is 8.42 Å². The van der Waals surface area contributed by atoms with Crippen LogP contribution in [0.3, 0.4) is 0 Å². The minimum atomic E-state index is -3.47. The first kappa shape index (κ1) is 17.9. The van der Waals surface area contributed by atoms with Crippen molar-refractivity contribution >= 4 is 15.9 Å². The first-order valence-electron chi connectivity index (χ1n) is 8.76. The lowest BCUT2D eigenvalue weighted by atomic mass is 9.93. The highest BCUT2D eigenvalue weighted by atomic mass is 32.2. The van der Waals surface area contributed by atoms with Gasteiger partial charge in [-0.1, -0.05) is 18.2 Å². The van der Waals surface area contributed by atoms with Crippen LogP contribution in [0.15, 0.2) is 35.2 Å². The third-order valence-electron chi connectivity index (χ3n) is 5.17. The third-order valence-corrected chi connectivity index (χ3v) is 7.09. The summed E-state index contributed by atoms with van der Waals surface area (Å²) >= 11 is 0. The van der Waals surface area contributed by atoms with Crippen molar-refractivity contribution in [2.45, 2.75) is 30.6 Å². The Kier molecular flexibility index (Phi) is 5.40. The second kappa shape index (κ2) is 7.54. The van der Waals surface area contributed by atoms with Gasteiger partial charge in [-0.05, 0) is 37.8 Å². The number of carbonyl (C=O) groups excluding carboxylic acids is 1. The van der Waals surface area contributed by atoms with E-state index in [2.05, 4.69) is 6.07 Å². The Bertz CT molecular complexity index is 742. The van der Waals surface area contributed by atoms with E-state index >= 15 is 0 Å². The standard InChI is InChI=1S/C18H23N3O3S/c19-14-15-6-10-20(11-7-15)18(22)16-8-12-21(13-9-16)25(23,24)17-4-2-1-3-5-17/h1-5,15-16H,6-13H2. The van der Waals surface area contributed by atoms with Crippen LogP contribution in [-0.2, 0) is 14.8 Å². The Morgan fingerprint density at radius 1 is 1.00 bits per heavy atom. The van der Waals surface area contributed by atoms with Crippen LogP contribution in [0.1, 0.15) is 25.7 Å². The van der Waals surface area contributed by atoms with Crippen molar-refractivity contribution in [1.82, 2.24) is 9.21 Å². The van der Waals surface area contributed by atoms with Gasteiger partial charge in [-0.15, -0.1) is 0 Å². The fraction of sp³-hybridized carbons (Fsp3) is 0.556. The van der Waals surface area contributed by atoms with Crippen LogP contribution < -0.4 is 0 Å². The molecule has 25 heavy (non-hydrogen) atoms. The number of piperidine rings is 2. The molecule has 0 spiro atoms. The highest BCUT2D eigenvalue weighted by molar-refractivity contribution is 7.89. The molecule has 0 bridgehead atoms. The van der Waals surface area contributed by atoms with Gasteiger partial charge in [0.15, 0.2) is 0 Å². The lowest BCUT2D eigenvalue weighted by Gasteiger charge is -2.35. The van der Waals surface area contributed by atoms with Crippen molar-refractivity contribution in [2.75, 3.05) is 26.2 Å². The molecule has 1 amide bonds. The summed E-state index contributed by atoms with van der Waals surface area (Å²) in [6.07, 6.45) is 2.60.